The van der Waals surface area contributed by atoms with Gasteiger partial charge in [0, 0.05) is 4.47 Å². The second-order valence-corrected chi connectivity index (χ2v) is 8.23. The van der Waals surface area contributed by atoms with Crippen LogP contribution < -0.4 is 9.57 Å². The van der Waals surface area contributed by atoms with E-state index in [1.165, 1.54) is 18.3 Å². The minimum atomic E-state index is -3.69. The number of benzene rings is 3. The molecule has 0 aliphatic rings. The van der Waals surface area contributed by atoms with E-state index in [1.54, 1.807) is 24.3 Å². The highest BCUT2D eigenvalue weighted by Gasteiger charge is 2.11. The average Bonchev–Trinajstić information content (AvgIpc) is 2.68. The highest BCUT2D eigenvalue weighted by Crippen LogP contribution is 2.15. The molecule has 0 aliphatic carbocycles. The number of nitrogens with zero attached hydrogens (tertiary/aromatic N) is 1. The Balaban J connectivity index is 1.56. The zero-order chi connectivity index (χ0) is 19.1. The largest absolute Gasteiger partial charge is 0.489 e. The molecule has 0 bridgehead atoms. The van der Waals surface area contributed by atoms with E-state index in [0.717, 1.165) is 21.3 Å². The number of sulfonamides is 1. The summed E-state index contributed by atoms with van der Waals surface area (Å²) < 4.78 is 30.8. The lowest BCUT2D eigenvalue weighted by Crippen LogP contribution is -2.18. The molecular formula is C20H17BrN2O3S. The third-order valence-electron chi connectivity index (χ3n) is 3.64. The fourth-order valence-electron chi connectivity index (χ4n) is 2.23. The number of hydrogen-bond donors (Lipinski definition) is 1. The van der Waals surface area contributed by atoms with Crippen LogP contribution in [0.2, 0.25) is 0 Å². The third kappa shape index (κ3) is 5.67. The van der Waals surface area contributed by atoms with Crippen molar-refractivity contribution in [3.63, 3.8) is 0 Å². The van der Waals surface area contributed by atoms with Gasteiger partial charge in [-0.3, -0.25) is 0 Å². The molecule has 5 nitrogen and oxygen atoms in total. The van der Waals surface area contributed by atoms with Crippen LogP contribution in [0.1, 0.15) is 11.1 Å². The molecule has 7 heteroatoms. The van der Waals surface area contributed by atoms with Crippen molar-refractivity contribution in [1.29, 1.82) is 0 Å². The Labute approximate surface area is 166 Å². The van der Waals surface area contributed by atoms with Crippen molar-refractivity contribution >= 4 is 32.2 Å². The predicted octanol–water partition coefficient (Wildman–Crippen LogP) is 4.34. The maximum Gasteiger partial charge on any atom is 0.276 e. The van der Waals surface area contributed by atoms with Crippen LogP contribution in [-0.2, 0) is 16.6 Å². The van der Waals surface area contributed by atoms with E-state index in [1.807, 2.05) is 42.5 Å². The van der Waals surface area contributed by atoms with E-state index >= 15 is 0 Å². The first-order valence-electron chi connectivity index (χ1n) is 8.10. The second-order valence-electron chi connectivity index (χ2n) is 5.65. The fourth-order valence-corrected chi connectivity index (χ4v) is 3.28. The smallest absolute Gasteiger partial charge is 0.276 e. The number of ether oxygens (including phenoxy) is 1. The molecule has 3 aromatic rings. The van der Waals surface area contributed by atoms with Gasteiger partial charge in [0.15, 0.2) is 0 Å². The van der Waals surface area contributed by atoms with Crippen molar-refractivity contribution in [2.75, 3.05) is 0 Å². The van der Waals surface area contributed by atoms with Crippen molar-refractivity contribution < 1.29 is 13.2 Å². The van der Waals surface area contributed by atoms with Crippen LogP contribution >= 0.6 is 15.9 Å². The molecule has 0 spiro atoms. The van der Waals surface area contributed by atoms with Gasteiger partial charge < -0.3 is 4.74 Å². The minimum Gasteiger partial charge on any atom is -0.489 e. The first kappa shape index (κ1) is 19.1. The molecule has 0 amide bonds. The molecule has 3 rings (SSSR count). The summed E-state index contributed by atoms with van der Waals surface area (Å²) in [4.78, 5) is 2.35. The van der Waals surface area contributed by atoms with Crippen molar-refractivity contribution in [2.24, 2.45) is 5.10 Å². The van der Waals surface area contributed by atoms with Crippen LogP contribution in [0.15, 0.2) is 93.3 Å². The average molecular weight is 445 g/mol. The van der Waals surface area contributed by atoms with E-state index in [4.69, 9.17) is 4.74 Å². The molecule has 0 heterocycles. The standard InChI is InChI=1S/C20H17BrN2O3S/c21-18-8-12-20(13-9-18)27(24,25)23-22-14-16-6-10-19(11-7-16)26-15-17-4-2-1-3-5-17/h1-14,23H,15H2/b22-14+. The summed E-state index contributed by atoms with van der Waals surface area (Å²) >= 11 is 3.27. The molecule has 0 aliphatic heterocycles. The minimum absolute atomic E-state index is 0.146. The number of nitrogens with one attached hydrogen (secondary N) is 1. The van der Waals surface area contributed by atoms with Crippen LogP contribution in [0.25, 0.3) is 0 Å². The predicted molar refractivity (Wildman–Crippen MR) is 109 cm³/mol. The second kappa shape index (κ2) is 8.83. The molecule has 0 saturated carbocycles. The lowest BCUT2D eigenvalue weighted by Gasteiger charge is -2.06. The van der Waals surface area contributed by atoms with Gasteiger partial charge in [-0.2, -0.15) is 13.5 Å². The summed E-state index contributed by atoms with van der Waals surface area (Å²) in [6, 6.07) is 23.4. The molecule has 0 saturated heterocycles. The van der Waals surface area contributed by atoms with Gasteiger partial charge in [-0.1, -0.05) is 46.3 Å². The van der Waals surface area contributed by atoms with E-state index in [9.17, 15) is 8.42 Å². The number of hydrogen-bond acceptors (Lipinski definition) is 4. The zero-order valence-electron chi connectivity index (χ0n) is 14.2. The number of hydrazone groups is 1. The van der Waals surface area contributed by atoms with Gasteiger partial charge in [-0.05, 0) is 59.7 Å². The Hall–Kier alpha value is -2.64. The van der Waals surface area contributed by atoms with E-state index in [2.05, 4.69) is 25.9 Å². The summed E-state index contributed by atoms with van der Waals surface area (Å²) in [7, 11) is -3.69. The van der Waals surface area contributed by atoms with Crippen molar-refractivity contribution in [2.45, 2.75) is 11.5 Å². The maximum atomic E-state index is 12.1. The molecule has 0 aromatic heterocycles. The fraction of sp³-hybridized carbons (Fsp3) is 0.0500. The molecule has 0 radical (unpaired) electrons. The molecule has 3 aromatic carbocycles. The Morgan fingerprint density at radius 2 is 1.59 bits per heavy atom. The molecule has 27 heavy (non-hydrogen) atoms. The van der Waals surface area contributed by atoms with Gasteiger partial charge in [0.05, 0.1) is 11.1 Å². The van der Waals surface area contributed by atoms with Crippen LogP contribution in [0, 0.1) is 0 Å². The Morgan fingerprint density at radius 3 is 2.26 bits per heavy atom. The van der Waals surface area contributed by atoms with E-state index in [-0.39, 0.29) is 4.90 Å². The SMILES string of the molecule is O=S(=O)(N/N=C/c1ccc(OCc2ccccc2)cc1)c1ccc(Br)cc1. The van der Waals surface area contributed by atoms with Gasteiger partial charge in [0.2, 0.25) is 0 Å². The molecule has 1 N–H and O–H groups in total. The Morgan fingerprint density at radius 1 is 0.926 bits per heavy atom. The topological polar surface area (TPSA) is 67.8 Å². The van der Waals surface area contributed by atoms with E-state index in [0.29, 0.717) is 6.61 Å². The number of halogens is 1. The van der Waals surface area contributed by atoms with Crippen molar-refractivity contribution in [3.05, 3.63) is 94.5 Å². The van der Waals surface area contributed by atoms with Gasteiger partial charge >= 0.3 is 0 Å². The monoisotopic (exact) mass is 444 g/mol. The van der Waals surface area contributed by atoms with Gasteiger partial charge in [0.1, 0.15) is 12.4 Å². The summed E-state index contributed by atoms with van der Waals surface area (Å²) in [6.45, 7) is 0.487. The molecule has 0 unspecified atom stereocenters. The normalized spacial score (nSPS) is 11.4. The molecule has 0 atom stereocenters. The first-order chi connectivity index (χ1) is 13.0. The summed E-state index contributed by atoms with van der Waals surface area (Å²) in [5.41, 5.74) is 1.84. The lowest BCUT2D eigenvalue weighted by atomic mass is 10.2. The third-order valence-corrected chi connectivity index (χ3v) is 5.41. The summed E-state index contributed by atoms with van der Waals surface area (Å²) in [6.07, 6.45) is 1.44. The van der Waals surface area contributed by atoms with Crippen molar-refractivity contribution in [1.82, 2.24) is 4.83 Å². The zero-order valence-corrected chi connectivity index (χ0v) is 16.7. The maximum absolute atomic E-state index is 12.1. The Bertz CT molecular complexity index is 1000. The van der Waals surface area contributed by atoms with Crippen LogP contribution in [0.5, 0.6) is 5.75 Å². The van der Waals surface area contributed by atoms with Crippen LogP contribution in [0.4, 0.5) is 0 Å². The van der Waals surface area contributed by atoms with Gasteiger partial charge in [0.25, 0.3) is 10.0 Å². The van der Waals surface area contributed by atoms with Crippen LogP contribution in [0.3, 0.4) is 0 Å². The van der Waals surface area contributed by atoms with E-state index < -0.39 is 10.0 Å². The quantitative estimate of drug-likeness (QED) is 0.435. The number of rotatable bonds is 7. The summed E-state index contributed by atoms with van der Waals surface area (Å²) in [5.74, 6) is 0.728. The van der Waals surface area contributed by atoms with Gasteiger partial charge in [-0.15, -0.1) is 0 Å². The van der Waals surface area contributed by atoms with Crippen LogP contribution in [-0.4, -0.2) is 14.6 Å². The molecule has 138 valence electrons. The highest BCUT2D eigenvalue weighted by atomic mass is 79.9. The molecule has 0 fully saturated rings. The first-order valence-corrected chi connectivity index (χ1v) is 10.4. The van der Waals surface area contributed by atoms with Gasteiger partial charge in [-0.25, -0.2) is 4.83 Å². The Kier molecular flexibility index (Phi) is 6.26. The lowest BCUT2D eigenvalue weighted by molar-refractivity contribution is 0.306. The molecular weight excluding hydrogens is 428 g/mol. The highest BCUT2D eigenvalue weighted by molar-refractivity contribution is 9.10. The van der Waals surface area contributed by atoms with Crippen molar-refractivity contribution in [3.8, 4) is 5.75 Å². The summed E-state index contributed by atoms with van der Waals surface area (Å²) in [5, 5.41) is 3.82.